The summed E-state index contributed by atoms with van der Waals surface area (Å²) in [5.41, 5.74) is 7.52. The minimum Gasteiger partial charge on any atom is -0.444 e. The number of benzene rings is 1. The van der Waals surface area contributed by atoms with Crippen LogP contribution in [0.1, 0.15) is 50.7 Å². The van der Waals surface area contributed by atoms with Gasteiger partial charge in [-0.05, 0) is 56.9 Å². The minimum atomic E-state index is -3.17. The van der Waals surface area contributed by atoms with Crippen LogP contribution in [0, 0.1) is 0 Å². The van der Waals surface area contributed by atoms with E-state index in [4.69, 9.17) is 10.5 Å². The highest BCUT2D eigenvalue weighted by Crippen LogP contribution is 2.32. The van der Waals surface area contributed by atoms with E-state index in [2.05, 4.69) is 0 Å². The Balaban J connectivity index is 2.22. The first-order chi connectivity index (χ1) is 11.4. The predicted octanol–water partition coefficient (Wildman–Crippen LogP) is 2.93. The fourth-order valence-electron chi connectivity index (χ4n) is 3.15. The molecule has 0 saturated carbocycles. The first kappa shape index (κ1) is 19.6. The predicted molar refractivity (Wildman–Crippen MR) is 99.2 cm³/mol. The Morgan fingerprint density at radius 1 is 1.36 bits per heavy atom. The molecule has 0 radical (unpaired) electrons. The number of carbonyl (C=O) groups excluding carboxylic acids is 1. The number of hydrogen-bond donors (Lipinski definition) is 1. The zero-order valence-corrected chi connectivity index (χ0v) is 16.2. The Labute approximate surface area is 150 Å². The van der Waals surface area contributed by atoms with Crippen LogP contribution < -0.4 is 5.73 Å². The third kappa shape index (κ3) is 5.92. The number of amides is 1. The van der Waals surface area contributed by atoms with Crippen molar-refractivity contribution in [3.63, 3.8) is 0 Å². The van der Waals surface area contributed by atoms with Crippen LogP contribution >= 0.6 is 0 Å². The molecule has 1 amide bonds. The molecule has 1 aliphatic rings. The second-order valence-corrected chi connectivity index (χ2v) is 9.93. The fraction of sp³-hybridized carbons (Fsp3) is 0.611. The zero-order chi connectivity index (χ0) is 18.8. The van der Waals surface area contributed by atoms with Gasteiger partial charge in [-0.2, -0.15) is 0 Å². The molecule has 25 heavy (non-hydrogen) atoms. The lowest BCUT2D eigenvalue weighted by Crippen LogP contribution is -2.42. The van der Waals surface area contributed by atoms with Crippen LogP contribution in [-0.4, -0.2) is 44.4 Å². The summed E-state index contributed by atoms with van der Waals surface area (Å²) in [6.07, 6.45) is 2.65. The van der Waals surface area contributed by atoms with E-state index in [1.807, 2.05) is 26.8 Å². The topological polar surface area (TPSA) is 89.7 Å². The number of piperidine rings is 1. The molecule has 0 aromatic heterocycles. The van der Waals surface area contributed by atoms with Crippen molar-refractivity contribution in [2.24, 2.45) is 0 Å². The standard InChI is InChI=1S/C18H28N2O4S/c1-18(2,3)24-17(21)20-9-5-6-13(11-20)16-8-7-15(19)10-14(16)12-25(4,22)23/h7-8,10,13H,5-6,9,11-12,19H2,1-4H3. The Morgan fingerprint density at radius 2 is 2.04 bits per heavy atom. The van der Waals surface area contributed by atoms with E-state index in [1.165, 1.54) is 6.26 Å². The van der Waals surface area contributed by atoms with Gasteiger partial charge in [0.25, 0.3) is 0 Å². The lowest BCUT2D eigenvalue weighted by Gasteiger charge is -2.35. The van der Waals surface area contributed by atoms with Crippen molar-refractivity contribution in [3.05, 3.63) is 29.3 Å². The smallest absolute Gasteiger partial charge is 0.410 e. The summed E-state index contributed by atoms with van der Waals surface area (Å²) in [4.78, 5) is 14.1. The SMILES string of the molecule is CC(C)(C)OC(=O)N1CCCC(c2ccc(N)cc2CS(C)(=O)=O)C1. The molecule has 1 aliphatic heterocycles. The normalized spacial score (nSPS) is 18.9. The van der Waals surface area contributed by atoms with Crippen molar-refractivity contribution >= 4 is 21.6 Å². The highest BCUT2D eigenvalue weighted by atomic mass is 32.2. The molecule has 2 N–H and O–H groups in total. The van der Waals surface area contributed by atoms with Gasteiger partial charge in [-0.1, -0.05) is 6.07 Å². The summed E-state index contributed by atoms with van der Waals surface area (Å²) in [7, 11) is -3.17. The van der Waals surface area contributed by atoms with E-state index in [1.54, 1.807) is 17.0 Å². The number of nitrogens with two attached hydrogens (primary N) is 1. The van der Waals surface area contributed by atoms with Gasteiger partial charge in [0.2, 0.25) is 0 Å². The van der Waals surface area contributed by atoms with Crippen LogP contribution in [0.3, 0.4) is 0 Å². The second kappa shape index (κ2) is 7.23. The zero-order valence-electron chi connectivity index (χ0n) is 15.4. The highest BCUT2D eigenvalue weighted by molar-refractivity contribution is 7.89. The number of hydrogen-bond acceptors (Lipinski definition) is 5. The van der Waals surface area contributed by atoms with E-state index in [-0.39, 0.29) is 17.8 Å². The molecule has 0 bridgehead atoms. The first-order valence-electron chi connectivity index (χ1n) is 8.48. The van der Waals surface area contributed by atoms with Crippen LogP contribution in [0.4, 0.5) is 10.5 Å². The maximum atomic E-state index is 12.3. The Hall–Kier alpha value is -1.76. The Kier molecular flexibility index (Phi) is 5.66. The summed E-state index contributed by atoms with van der Waals surface area (Å²) in [5, 5.41) is 0. The molecule has 0 spiro atoms. The molecule has 1 heterocycles. The minimum absolute atomic E-state index is 0.0453. The fourth-order valence-corrected chi connectivity index (χ4v) is 3.97. The van der Waals surface area contributed by atoms with E-state index < -0.39 is 15.4 Å². The van der Waals surface area contributed by atoms with Crippen LogP contribution in [0.15, 0.2) is 18.2 Å². The van der Waals surface area contributed by atoms with E-state index in [9.17, 15) is 13.2 Å². The van der Waals surface area contributed by atoms with E-state index in [0.717, 1.165) is 24.0 Å². The maximum absolute atomic E-state index is 12.3. The van der Waals surface area contributed by atoms with Crippen LogP contribution in [0.5, 0.6) is 0 Å². The third-order valence-electron chi connectivity index (χ3n) is 4.10. The third-order valence-corrected chi connectivity index (χ3v) is 4.93. The number of sulfone groups is 1. The largest absolute Gasteiger partial charge is 0.444 e. The molecule has 1 saturated heterocycles. The summed E-state index contributed by atoms with van der Waals surface area (Å²) in [6.45, 7) is 6.71. The Morgan fingerprint density at radius 3 is 2.64 bits per heavy atom. The lowest BCUT2D eigenvalue weighted by atomic mass is 9.88. The summed E-state index contributed by atoms with van der Waals surface area (Å²) < 4.78 is 29.0. The molecule has 140 valence electrons. The lowest BCUT2D eigenvalue weighted by molar-refractivity contribution is 0.0198. The number of nitrogens with zero attached hydrogens (tertiary/aromatic N) is 1. The van der Waals surface area contributed by atoms with E-state index in [0.29, 0.717) is 18.8 Å². The number of carbonyl (C=O) groups is 1. The molecule has 1 unspecified atom stereocenters. The van der Waals surface area contributed by atoms with Crippen molar-refractivity contribution < 1.29 is 17.9 Å². The summed E-state index contributed by atoms with van der Waals surface area (Å²) >= 11 is 0. The quantitative estimate of drug-likeness (QED) is 0.829. The van der Waals surface area contributed by atoms with Gasteiger partial charge in [0.05, 0.1) is 5.75 Å². The summed E-state index contributed by atoms with van der Waals surface area (Å²) in [6, 6.07) is 5.40. The van der Waals surface area contributed by atoms with Crippen molar-refractivity contribution in [1.82, 2.24) is 4.90 Å². The number of likely N-dealkylation sites (tertiary alicyclic amines) is 1. The summed E-state index contributed by atoms with van der Waals surface area (Å²) in [5.74, 6) is 0.0367. The van der Waals surface area contributed by atoms with Gasteiger partial charge in [-0.25, -0.2) is 13.2 Å². The van der Waals surface area contributed by atoms with Gasteiger partial charge < -0.3 is 15.4 Å². The van der Waals surface area contributed by atoms with E-state index >= 15 is 0 Å². The second-order valence-electron chi connectivity index (χ2n) is 7.79. The van der Waals surface area contributed by atoms with Crippen LogP contribution in [0.25, 0.3) is 0 Å². The van der Waals surface area contributed by atoms with Crippen LogP contribution in [0.2, 0.25) is 0 Å². The van der Waals surface area contributed by atoms with Gasteiger partial charge in [0.15, 0.2) is 9.84 Å². The van der Waals surface area contributed by atoms with Gasteiger partial charge in [0.1, 0.15) is 5.60 Å². The van der Waals surface area contributed by atoms with Crippen molar-refractivity contribution in [1.29, 1.82) is 0 Å². The molecule has 1 atom stereocenters. The number of nitrogen functional groups attached to an aromatic ring is 1. The number of rotatable bonds is 3. The van der Waals surface area contributed by atoms with Crippen LogP contribution in [-0.2, 0) is 20.3 Å². The highest BCUT2D eigenvalue weighted by Gasteiger charge is 2.29. The monoisotopic (exact) mass is 368 g/mol. The van der Waals surface area contributed by atoms with Crippen molar-refractivity contribution in [2.45, 2.75) is 50.9 Å². The average Bonchev–Trinajstić information content (AvgIpc) is 2.44. The van der Waals surface area contributed by atoms with Gasteiger partial charge in [0, 0.05) is 31.0 Å². The number of anilines is 1. The maximum Gasteiger partial charge on any atom is 0.410 e. The Bertz CT molecular complexity index is 738. The molecular formula is C18H28N2O4S. The molecule has 1 aromatic carbocycles. The molecular weight excluding hydrogens is 340 g/mol. The average molecular weight is 368 g/mol. The van der Waals surface area contributed by atoms with Gasteiger partial charge in [-0.15, -0.1) is 0 Å². The van der Waals surface area contributed by atoms with Gasteiger partial charge >= 0.3 is 6.09 Å². The molecule has 6 nitrogen and oxygen atoms in total. The first-order valence-corrected chi connectivity index (χ1v) is 10.5. The molecule has 1 fully saturated rings. The van der Waals surface area contributed by atoms with Gasteiger partial charge in [-0.3, -0.25) is 0 Å². The molecule has 1 aromatic rings. The van der Waals surface area contributed by atoms with Crippen molar-refractivity contribution in [2.75, 3.05) is 25.1 Å². The molecule has 7 heteroatoms. The molecule has 0 aliphatic carbocycles. The number of ether oxygens (including phenoxy) is 1. The van der Waals surface area contributed by atoms with Crippen molar-refractivity contribution in [3.8, 4) is 0 Å². The molecule has 2 rings (SSSR count).